The van der Waals surface area contributed by atoms with Crippen molar-refractivity contribution < 1.29 is 14.3 Å². The molecule has 1 amide bonds. The summed E-state index contributed by atoms with van der Waals surface area (Å²) < 4.78 is 11.0. The average molecular weight is 289 g/mol. The first-order valence-electron chi connectivity index (χ1n) is 7.77. The normalized spacial score (nSPS) is 28.2. The number of amides is 1. The molecule has 4 heteroatoms. The topological polar surface area (TPSA) is 47.6 Å². The number of methoxy groups -OCH3 is 1. The fraction of sp³-hybridized carbons (Fsp3) is 0.588. The molecule has 3 rings (SSSR count). The second-order valence-electron chi connectivity index (χ2n) is 6.20. The van der Waals surface area contributed by atoms with Gasteiger partial charge in [-0.1, -0.05) is 18.6 Å². The van der Waals surface area contributed by atoms with Crippen LogP contribution in [0.3, 0.4) is 0 Å². The molecule has 0 saturated heterocycles. The Morgan fingerprint density at radius 2 is 2.00 bits per heavy atom. The van der Waals surface area contributed by atoms with Gasteiger partial charge in [0.15, 0.2) is 17.6 Å². The first-order valence-corrected chi connectivity index (χ1v) is 7.77. The predicted molar refractivity (Wildman–Crippen MR) is 80.5 cm³/mol. The highest BCUT2D eigenvalue weighted by atomic mass is 16.5. The third-order valence-electron chi connectivity index (χ3n) is 4.81. The highest BCUT2D eigenvalue weighted by Gasteiger charge is 2.40. The van der Waals surface area contributed by atoms with E-state index in [1.807, 2.05) is 24.3 Å². The lowest BCUT2D eigenvalue weighted by molar-refractivity contribution is -0.128. The minimum atomic E-state index is -0.513. The van der Waals surface area contributed by atoms with Crippen molar-refractivity contribution in [1.82, 2.24) is 5.32 Å². The van der Waals surface area contributed by atoms with Crippen LogP contribution in [0.5, 0.6) is 11.5 Å². The van der Waals surface area contributed by atoms with Gasteiger partial charge >= 0.3 is 0 Å². The summed E-state index contributed by atoms with van der Waals surface area (Å²) in [6, 6.07) is 7.75. The van der Waals surface area contributed by atoms with Gasteiger partial charge in [-0.2, -0.15) is 0 Å². The number of hydrogen-bond acceptors (Lipinski definition) is 3. The first-order chi connectivity index (χ1) is 10.2. The Balaban J connectivity index is 1.57. The minimum absolute atomic E-state index is 0.0292. The number of rotatable bonds is 5. The Labute approximate surface area is 125 Å². The fourth-order valence-corrected chi connectivity index (χ4v) is 3.68. The minimum Gasteiger partial charge on any atom is -0.493 e. The molecular weight excluding hydrogens is 266 g/mol. The largest absolute Gasteiger partial charge is 0.493 e. The van der Waals surface area contributed by atoms with Gasteiger partial charge in [0.2, 0.25) is 0 Å². The summed E-state index contributed by atoms with van der Waals surface area (Å²) in [6.45, 7) is 1.79. The summed E-state index contributed by atoms with van der Waals surface area (Å²) in [5.74, 6) is 2.73. The standard InChI is InChI=1S/C17H23NO3/c1-11(21-16-6-4-3-5-15(16)20-2)17(19)18-14-10-12-7-8-13(14)9-12/h3-6,11-14H,7-10H2,1-2H3,(H,18,19)/t11-,12+,13+,14+/m1/s1. The fourth-order valence-electron chi connectivity index (χ4n) is 3.68. The number of para-hydroxylation sites is 2. The van der Waals surface area contributed by atoms with Crippen LogP contribution in [0.15, 0.2) is 24.3 Å². The second kappa shape index (κ2) is 5.96. The highest BCUT2D eigenvalue weighted by molar-refractivity contribution is 5.81. The molecule has 4 atom stereocenters. The van der Waals surface area contributed by atoms with E-state index in [1.54, 1.807) is 14.0 Å². The van der Waals surface area contributed by atoms with E-state index in [1.165, 1.54) is 19.3 Å². The lowest BCUT2D eigenvalue weighted by Crippen LogP contribution is -2.44. The van der Waals surface area contributed by atoms with Gasteiger partial charge in [0.05, 0.1) is 7.11 Å². The molecule has 0 aromatic heterocycles. The molecule has 21 heavy (non-hydrogen) atoms. The lowest BCUT2D eigenvalue weighted by Gasteiger charge is -2.25. The van der Waals surface area contributed by atoms with Gasteiger partial charge in [-0.3, -0.25) is 4.79 Å². The summed E-state index contributed by atoms with van der Waals surface area (Å²) in [5, 5.41) is 3.16. The van der Waals surface area contributed by atoms with Crippen LogP contribution < -0.4 is 14.8 Å². The molecule has 2 saturated carbocycles. The van der Waals surface area contributed by atoms with Crippen molar-refractivity contribution >= 4 is 5.91 Å². The van der Waals surface area contributed by atoms with Crippen molar-refractivity contribution in [2.24, 2.45) is 11.8 Å². The van der Waals surface area contributed by atoms with Gasteiger partial charge in [-0.05, 0) is 50.2 Å². The summed E-state index contributed by atoms with van der Waals surface area (Å²) in [5.41, 5.74) is 0. The summed E-state index contributed by atoms with van der Waals surface area (Å²) in [6.07, 6.45) is 4.51. The van der Waals surface area contributed by atoms with Crippen molar-refractivity contribution in [1.29, 1.82) is 0 Å². The number of fused-ring (bicyclic) bond motifs is 2. The molecule has 1 N–H and O–H groups in total. The molecule has 0 spiro atoms. The second-order valence-corrected chi connectivity index (χ2v) is 6.20. The molecule has 4 nitrogen and oxygen atoms in total. The van der Waals surface area contributed by atoms with Crippen LogP contribution in [0.4, 0.5) is 0 Å². The number of benzene rings is 1. The summed E-state index contributed by atoms with van der Waals surface area (Å²) in [4.78, 5) is 12.3. The molecule has 1 aromatic carbocycles. The maximum absolute atomic E-state index is 12.3. The van der Waals surface area contributed by atoms with Crippen molar-refractivity contribution in [2.75, 3.05) is 7.11 Å². The van der Waals surface area contributed by atoms with E-state index in [9.17, 15) is 4.79 Å². The molecule has 1 aromatic rings. The van der Waals surface area contributed by atoms with Crippen molar-refractivity contribution in [3.63, 3.8) is 0 Å². The van der Waals surface area contributed by atoms with E-state index < -0.39 is 6.10 Å². The zero-order valence-corrected chi connectivity index (χ0v) is 12.7. The van der Waals surface area contributed by atoms with E-state index in [2.05, 4.69) is 5.32 Å². The molecule has 2 aliphatic carbocycles. The van der Waals surface area contributed by atoms with Crippen LogP contribution in [-0.2, 0) is 4.79 Å². The predicted octanol–water partition coefficient (Wildman–Crippen LogP) is 2.77. The van der Waals surface area contributed by atoms with Gasteiger partial charge in [0, 0.05) is 6.04 Å². The third-order valence-corrected chi connectivity index (χ3v) is 4.81. The highest BCUT2D eigenvalue weighted by Crippen LogP contribution is 2.44. The number of nitrogens with one attached hydrogen (secondary N) is 1. The van der Waals surface area contributed by atoms with Crippen LogP contribution in [0.25, 0.3) is 0 Å². The van der Waals surface area contributed by atoms with Gasteiger partial charge < -0.3 is 14.8 Å². The number of carbonyl (C=O) groups excluding carboxylic acids is 1. The van der Waals surface area contributed by atoms with E-state index in [-0.39, 0.29) is 5.91 Å². The molecule has 0 heterocycles. The third kappa shape index (κ3) is 2.99. The van der Waals surface area contributed by atoms with Gasteiger partial charge in [-0.25, -0.2) is 0 Å². The van der Waals surface area contributed by atoms with E-state index in [0.717, 1.165) is 12.3 Å². The van der Waals surface area contributed by atoms with Crippen molar-refractivity contribution in [3.05, 3.63) is 24.3 Å². The van der Waals surface area contributed by atoms with Crippen LogP contribution in [-0.4, -0.2) is 25.2 Å². The molecule has 2 bridgehead atoms. The first kappa shape index (κ1) is 14.2. The van der Waals surface area contributed by atoms with Gasteiger partial charge in [0.1, 0.15) is 0 Å². The van der Waals surface area contributed by atoms with Gasteiger partial charge in [0.25, 0.3) is 5.91 Å². The number of hydrogen-bond donors (Lipinski definition) is 1. The van der Waals surface area contributed by atoms with Crippen molar-refractivity contribution in [2.45, 2.75) is 44.8 Å². The van der Waals surface area contributed by atoms with Crippen LogP contribution in [0.1, 0.15) is 32.6 Å². The van der Waals surface area contributed by atoms with Crippen LogP contribution in [0, 0.1) is 11.8 Å². The Morgan fingerprint density at radius 3 is 2.62 bits per heavy atom. The van der Waals surface area contributed by atoms with Crippen LogP contribution >= 0.6 is 0 Å². The smallest absolute Gasteiger partial charge is 0.261 e. The van der Waals surface area contributed by atoms with E-state index in [4.69, 9.17) is 9.47 Å². The Morgan fingerprint density at radius 1 is 1.24 bits per heavy atom. The number of carbonyl (C=O) groups is 1. The Kier molecular flexibility index (Phi) is 4.04. The van der Waals surface area contributed by atoms with Crippen LogP contribution in [0.2, 0.25) is 0 Å². The molecule has 0 radical (unpaired) electrons. The maximum Gasteiger partial charge on any atom is 0.261 e. The molecule has 114 valence electrons. The molecule has 2 fully saturated rings. The van der Waals surface area contributed by atoms with Crippen molar-refractivity contribution in [3.8, 4) is 11.5 Å². The zero-order valence-electron chi connectivity index (χ0n) is 12.7. The zero-order chi connectivity index (χ0) is 14.8. The molecular formula is C17H23NO3. The maximum atomic E-state index is 12.3. The van der Waals surface area contributed by atoms with E-state index >= 15 is 0 Å². The summed E-state index contributed by atoms with van der Waals surface area (Å²) in [7, 11) is 1.60. The lowest BCUT2D eigenvalue weighted by atomic mass is 9.95. The molecule has 0 aliphatic heterocycles. The quantitative estimate of drug-likeness (QED) is 0.906. The Hall–Kier alpha value is -1.71. The molecule has 2 aliphatic rings. The van der Waals surface area contributed by atoms with Gasteiger partial charge in [-0.15, -0.1) is 0 Å². The SMILES string of the molecule is COc1ccccc1O[C@H](C)C(=O)N[C@H]1C[C@H]2CC[C@H]1C2. The molecule has 0 unspecified atom stereocenters. The monoisotopic (exact) mass is 289 g/mol. The van der Waals surface area contributed by atoms with E-state index in [0.29, 0.717) is 23.5 Å². The Bertz CT molecular complexity index is 517. The summed E-state index contributed by atoms with van der Waals surface area (Å²) >= 11 is 0. The number of ether oxygens (including phenoxy) is 2. The average Bonchev–Trinajstić information content (AvgIpc) is 3.10.